The minimum Gasteiger partial charge on any atom is -0.497 e. The molecular weight excluding hydrogens is 460 g/mol. The summed E-state index contributed by atoms with van der Waals surface area (Å²) in [6.45, 7) is 6.74. The van der Waals surface area contributed by atoms with Gasteiger partial charge in [0.25, 0.3) is 0 Å². The van der Waals surface area contributed by atoms with Crippen LogP contribution in [0.25, 0.3) is 22.6 Å². The molecule has 0 radical (unpaired) electrons. The Morgan fingerprint density at radius 1 is 1.08 bits per heavy atom. The van der Waals surface area contributed by atoms with E-state index in [9.17, 15) is 4.79 Å². The molecule has 186 valence electrons. The Morgan fingerprint density at radius 2 is 1.78 bits per heavy atom. The zero-order chi connectivity index (χ0) is 25.1. The smallest absolute Gasteiger partial charge is 0.323 e. The summed E-state index contributed by atoms with van der Waals surface area (Å²) in [4.78, 5) is 24.3. The number of hydrogen-bond donors (Lipinski definition) is 2. The number of aromatic nitrogens is 5. The van der Waals surface area contributed by atoms with Crippen LogP contribution in [0.2, 0.25) is 0 Å². The van der Waals surface area contributed by atoms with E-state index in [1.807, 2.05) is 31.2 Å². The summed E-state index contributed by atoms with van der Waals surface area (Å²) >= 11 is 0. The van der Waals surface area contributed by atoms with E-state index >= 15 is 0 Å². The van der Waals surface area contributed by atoms with Gasteiger partial charge in [0.05, 0.1) is 26.4 Å². The lowest BCUT2D eigenvalue weighted by Gasteiger charge is -2.34. The number of carbonyl (C=O) groups excluding carboxylic acids is 1. The normalized spacial score (nSPS) is 15.6. The van der Waals surface area contributed by atoms with Crippen molar-refractivity contribution in [3.63, 3.8) is 0 Å². The van der Waals surface area contributed by atoms with Gasteiger partial charge in [-0.2, -0.15) is 0 Å². The maximum absolute atomic E-state index is 12.4. The topological polar surface area (TPSA) is 119 Å². The second-order valence-electron chi connectivity index (χ2n) is 8.45. The maximum Gasteiger partial charge on any atom is 0.323 e. The summed E-state index contributed by atoms with van der Waals surface area (Å²) < 4.78 is 12.5. The predicted octanol–water partition coefficient (Wildman–Crippen LogP) is 3.79. The SMILES string of the molecule is CCn1nnc2c(N3CCOCC3C)nc(-c3ccc(NC(=O)Nc4ccc(OC)cc4)cc3)nc21. The van der Waals surface area contributed by atoms with Gasteiger partial charge in [-0.3, -0.25) is 0 Å². The van der Waals surface area contributed by atoms with Gasteiger partial charge in [0, 0.05) is 30.0 Å². The summed E-state index contributed by atoms with van der Waals surface area (Å²) in [5, 5.41) is 14.3. The molecule has 2 aromatic carbocycles. The molecule has 1 aliphatic heterocycles. The lowest BCUT2D eigenvalue weighted by molar-refractivity contribution is 0.0987. The Morgan fingerprint density at radius 3 is 2.42 bits per heavy atom. The molecule has 0 spiro atoms. The van der Waals surface area contributed by atoms with Crippen molar-refractivity contribution < 1.29 is 14.3 Å². The highest BCUT2D eigenvalue weighted by Gasteiger charge is 2.26. The summed E-state index contributed by atoms with van der Waals surface area (Å²) in [5.41, 5.74) is 3.51. The number of morpholine rings is 1. The standard InChI is InChI=1S/C25H28N8O3/c1-4-33-24-21(30-31-33)23(32-13-14-36-15-16(32)2)28-22(29-24)17-5-7-18(8-6-17)26-25(34)27-19-9-11-20(35-3)12-10-19/h5-12,16H,4,13-15H2,1-3H3,(H2,26,27,34). The number of rotatable bonds is 6. The summed E-state index contributed by atoms with van der Waals surface area (Å²) in [5.74, 6) is 2.05. The summed E-state index contributed by atoms with van der Waals surface area (Å²) in [6.07, 6.45) is 0. The fraction of sp³-hybridized carbons (Fsp3) is 0.320. The predicted molar refractivity (Wildman–Crippen MR) is 137 cm³/mol. The molecule has 11 heteroatoms. The van der Waals surface area contributed by atoms with Crippen LogP contribution in [-0.2, 0) is 11.3 Å². The Bertz CT molecular complexity index is 1350. The highest BCUT2D eigenvalue weighted by atomic mass is 16.5. The van der Waals surface area contributed by atoms with Crippen molar-refractivity contribution in [3.8, 4) is 17.1 Å². The number of urea groups is 1. The van der Waals surface area contributed by atoms with Crippen molar-refractivity contribution in [2.75, 3.05) is 42.4 Å². The van der Waals surface area contributed by atoms with Gasteiger partial charge in [-0.05, 0) is 62.4 Å². The first-order chi connectivity index (χ1) is 17.6. The monoisotopic (exact) mass is 488 g/mol. The van der Waals surface area contributed by atoms with E-state index in [-0.39, 0.29) is 12.1 Å². The molecule has 3 heterocycles. The van der Waals surface area contributed by atoms with Crippen molar-refractivity contribution in [3.05, 3.63) is 48.5 Å². The molecule has 1 atom stereocenters. The molecule has 1 unspecified atom stereocenters. The van der Waals surface area contributed by atoms with Crippen LogP contribution in [0.4, 0.5) is 22.0 Å². The molecule has 2 aromatic heterocycles. The van der Waals surface area contributed by atoms with Gasteiger partial charge in [0.15, 0.2) is 22.8 Å². The number of benzene rings is 2. The Hall–Kier alpha value is -4.25. The molecule has 11 nitrogen and oxygen atoms in total. The summed E-state index contributed by atoms with van der Waals surface area (Å²) in [7, 11) is 1.60. The Balaban J connectivity index is 1.38. The molecule has 2 N–H and O–H groups in total. The second kappa shape index (κ2) is 10.2. The number of anilines is 3. The quantitative estimate of drug-likeness (QED) is 0.421. The number of nitrogens with one attached hydrogen (secondary N) is 2. The third kappa shape index (κ3) is 4.78. The first-order valence-electron chi connectivity index (χ1n) is 11.8. The molecule has 0 aliphatic carbocycles. The van der Waals surface area contributed by atoms with Gasteiger partial charge in [-0.15, -0.1) is 5.10 Å². The van der Waals surface area contributed by atoms with Crippen LogP contribution < -0.4 is 20.3 Å². The average molecular weight is 489 g/mol. The van der Waals surface area contributed by atoms with Gasteiger partial charge < -0.3 is 25.0 Å². The number of fused-ring (bicyclic) bond motifs is 1. The van der Waals surface area contributed by atoms with Crippen LogP contribution in [0.5, 0.6) is 5.75 Å². The third-order valence-corrected chi connectivity index (χ3v) is 6.03. The van der Waals surface area contributed by atoms with E-state index < -0.39 is 0 Å². The Labute approximate surface area is 208 Å². The van der Waals surface area contributed by atoms with Gasteiger partial charge in [-0.25, -0.2) is 19.4 Å². The van der Waals surface area contributed by atoms with E-state index in [0.717, 1.165) is 23.7 Å². The first kappa shape index (κ1) is 23.5. The number of hydrogen-bond acceptors (Lipinski definition) is 8. The highest BCUT2D eigenvalue weighted by Crippen LogP contribution is 2.29. The molecular formula is C25H28N8O3. The zero-order valence-corrected chi connectivity index (χ0v) is 20.4. The number of nitrogens with zero attached hydrogens (tertiary/aromatic N) is 6. The van der Waals surface area contributed by atoms with Crippen LogP contribution in [0.3, 0.4) is 0 Å². The van der Waals surface area contributed by atoms with E-state index in [2.05, 4.69) is 32.8 Å². The van der Waals surface area contributed by atoms with Crippen LogP contribution in [0.1, 0.15) is 13.8 Å². The molecule has 36 heavy (non-hydrogen) atoms. The number of methoxy groups -OCH3 is 1. The van der Waals surface area contributed by atoms with Gasteiger partial charge in [-0.1, -0.05) is 5.21 Å². The van der Waals surface area contributed by atoms with Crippen LogP contribution in [0, 0.1) is 0 Å². The van der Waals surface area contributed by atoms with Gasteiger partial charge >= 0.3 is 6.03 Å². The van der Waals surface area contributed by atoms with Crippen LogP contribution in [-0.4, -0.2) is 63.9 Å². The number of aryl methyl sites for hydroxylation is 1. The molecule has 2 amide bonds. The third-order valence-electron chi connectivity index (χ3n) is 6.03. The van der Waals surface area contributed by atoms with Crippen molar-refractivity contribution in [1.82, 2.24) is 25.0 Å². The minimum atomic E-state index is -0.341. The summed E-state index contributed by atoms with van der Waals surface area (Å²) in [6, 6.07) is 14.4. The fourth-order valence-corrected chi connectivity index (χ4v) is 4.10. The molecule has 5 rings (SSSR count). The molecule has 4 aromatic rings. The van der Waals surface area contributed by atoms with E-state index in [0.29, 0.717) is 48.1 Å². The van der Waals surface area contributed by atoms with Crippen molar-refractivity contribution in [2.45, 2.75) is 26.4 Å². The molecule has 1 aliphatic rings. The Kier molecular flexibility index (Phi) is 6.63. The van der Waals surface area contributed by atoms with Gasteiger partial charge in [0.2, 0.25) is 0 Å². The van der Waals surface area contributed by atoms with Crippen LogP contribution >= 0.6 is 0 Å². The largest absolute Gasteiger partial charge is 0.497 e. The molecule has 0 bridgehead atoms. The first-order valence-corrected chi connectivity index (χ1v) is 11.8. The highest BCUT2D eigenvalue weighted by molar-refractivity contribution is 5.99. The van der Waals surface area contributed by atoms with Gasteiger partial charge in [0.1, 0.15) is 5.75 Å². The molecule has 1 saturated heterocycles. The minimum absolute atomic E-state index is 0.160. The van der Waals surface area contributed by atoms with Crippen molar-refractivity contribution >= 4 is 34.4 Å². The van der Waals surface area contributed by atoms with Crippen molar-refractivity contribution in [1.29, 1.82) is 0 Å². The van der Waals surface area contributed by atoms with Crippen LogP contribution in [0.15, 0.2) is 48.5 Å². The lowest BCUT2D eigenvalue weighted by atomic mass is 10.2. The number of ether oxygens (including phenoxy) is 2. The second-order valence-corrected chi connectivity index (χ2v) is 8.45. The average Bonchev–Trinajstić information content (AvgIpc) is 3.32. The zero-order valence-electron chi connectivity index (χ0n) is 20.4. The van der Waals surface area contributed by atoms with E-state index in [1.165, 1.54) is 0 Å². The van der Waals surface area contributed by atoms with E-state index in [1.54, 1.807) is 36.1 Å². The fourth-order valence-electron chi connectivity index (χ4n) is 4.10. The maximum atomic E-state index is 12.4. The van der Waals surface area contributed by atoms with E-state index in [4.69, 9.17) is 19.4 Å². The molecule has 1 fully saturated rings. The van der Waals surface area contributed by atoms with Crippen molar-refractivity contribution in [2.24, 2.45) is 0 Å². The molecule has 0 saturated carbocycles. The lowest BCUT2D eigenvalue weighted by Crippen LogP contribution is -2.44. The number of carbonyl (C=O) groups is 1. The number of amides is 2.